The van der Waals surface area contributed by atoms with Crippen LogP contribution in [0.25, 0.3) is 21.5 Å². The van der Waals surface area contributed by atoms with Gasteiger partial charge < -0.3 is 9.08 Å². The zero-order chi connectivity index (χ0) is 21.4. The standard InChI is InChI=1S/C20H18F3NO4S/c1-3-24(4-2)19(25)13-9-10-15-14(11-13)12-18(17-8-6-5-7-16(15)17)28-29(26,27)20(21,22)23/h5-12H,3-4H2,1-2H3. The van der Waals surface area contributed by atoms with Gasteiger partial charge in [-0.1, -0.05) is 30.3 Å². The normalized spacial score (nSPS) is 12.3. The molecule has 0 aliphatic carbocycles. The molecule has 3 aromatic carbocycles. The number of carbonyl (C=O) groups is 1. The SMILES string of the molecule is CCN(CC)C(=O)c1ccc2c(c1)cc(OS(=O)(=O)C(F)(F)F)c1ccccc12. The van der Waals surface area contributed by atoms with Crippen molar-refractivity contribution < 1.29 is 30.6 Å². The molecule has 0 fully saturated rings. The van der Waals surface area contributed by atoms with Crippen LogP contribution >= 0.6 is 0 Å². The molecule has 0 aliphatic heterocycles. The fourth-order valence-electron chi connectivity index (χ4n) is 3.14. The van der Waals surface area contributed by atoms with Crippen molar-refractivity contribution in [1.29, 1.82) is 0 Å². The van der Waals surface area contributed by atoms with Gasteiger partial charge in [-0.25, -0.2) is 0 Å². The lowest BCUT2D eigenvalue weighted by Gasteiger charge is -2.19. The zero-order valence-corrected chi connectivity index (χ0v) is 16.5. The van der Waals surface area contributed by atoms with Gasteiger partial charge in [0.2, 0.25) is 0 Å². The number of amides is 1. The molecule has 3 rings (SSSR count). The van der Waals surface area contributed by atoms with Crippen molar-refractivity contribution in [2.45, 2.75) is 19.4 Å². The molecular formula is C20H18F3NO4S. The summed E-state index contributed by atoms with van der Waals surface area (Å²) in [5.41, 5.74) is -5.20. The molecule has 0 aromatic heterocycles. The Bertz CT molecular complexity index is 1190. The minimum absolute atomic E-state index is 0.218. The highest BCUT2D eigenvalue weighted by Gasteiger charge is 2.48. The van der Waals surface area contributed by atoms with Gasteiger partial charge in [0.1, 0.15) is 0 Å². The lowest BCUT2D eigenvalue weighted by atomic mass is 9.99. The Balaban J connectivity index is 2.22. The Morgan fingerprint density at radius 1 is 0.966 bits per heavy atom. The second kappa shape index (κ2) is 7.55. The van der Waals surface area contributed by atoms with Crippen LogP contribution in [-0.2, 0) is 10.1 Å². The van der Waals surface area contributed by atoms with Crippen LogP contribution in [0, 0.1) is 0 Å². The Hall–Kier alpha value is -2.81. The van der Waals surface area contributed by atoms with Crippen LogP contribution < -0.4 is 4.18 Å². The van der Waals surface area contributed by atoms with E-state index in [9.17, 15) is 26.4 Å². The van der Waals surface area contributed by atoms with E-state index in [1.54, 1.807) is 35.2 Å². The van der Waals surface area contributed by atoms with E-state index in [-0.39, 0.29) is 11.3 Å². The van der Waals surface area contributed by atoms with E-state index in [0.717, 1.165) is 0 Å². The summed E-state index contributed by atoms with van der Waals surface area (Å²) in [7, 11) is -5.83. The van der Waals surface area contributed by atoms with Gasteiger partial charge in [0, 0.05) is 24.0 Å². The van der Waals surface area contributed by atoms with E-state index in [0.29, 0.717) is 34.8 Å². The summed E-state index contributed by atoms with van der Waals surface area (Å²) in [6, 6.07) is 12.4. The van der Waals surface area contributed by atoms with Crippen LogP contribution in [0.4, 0.5) is 13.2 Å². The average molecular weight is 425 g/mol. The molecule has 3 aromatic rings. The number of rotatable bonds is 5. The van der Waals surface area contributed by atoms with Gasteiger partial charge in [0.25, 0.3) is 5.91 Å². The minimum Gasteiger partial charge on any atom is -0.375 e. The van der Waals surface area contributed by atoms with Crippen molar-refractivity contribution >= 4 is 37.6 Å². The Morgan fingerprint density at radius 2 is 1.59 bits per heavy atom. The monoisotopic (exact) mass is 425 g/mol. The molecule has 0 radical (unpaired) electrons. The highest BCUT2D eigenvalue weighted by molar-refractivity contribution is 7.88. The second-order valence-corrected chi connectivity index (χ2v) is 7.85. The Labute approximate surface area is 165 Å². The third-order valence-electron chi connectivity index (χ3n) is 4.60. The van der Waals surface area contributed by atoms with Crippen molar-refractivity contribution in [3.8, 4) is 5.75 Å². The van der Waals surface area contributed by atoms with Crippen LogP contribution in [0.15, 0.2) is 48.5 Å². The summed E-state index contributed by atoms with van der Waals surface area (Å²) in [5, 5.41) is 1.79. The molecule has 0 atom stereocenters. The second-order valence-electron chi connectivity index (χ2n) is 6.32. The maximum atomic E-state index is 12.8. The third-order valence-corrected chi connectivity index (χ3v) is 5.57. The quantitative estimate of drug-likeness (QED) is 0.338. The largest absolute Gasteiger partial charge is 0.534 e. The molecule has 154 valence electrons. The van der Waals surface area contributed by atoms with Gasteiger partial charge in [-0.05, 0) is 48.2 Å². The highest BCUT2D eigenvalue weighted by atomic mass is 32.2. The molecule has 9 heteroatoms. The summed E-state index contributed by atoms with van der Waals surface area (Å²) in [5.74, 6) is -0.673. The van der Waals surface area contributed by atoms with Gasteiger partial charge in [-0.15, -0.1) is 0 Å². The van der Waals surface area contributed by atoms with Gasteiger partial charge in [-0.2, -0.15) is 21.6 Å². The van der Waals surface area contributed by atoms with Crippen LogP contribution in [0.1, 0.15) is 24.2 Å². The molecule has 5 nitrogen and oxygen atoms in total. The van der Waals surface area contributed by atoms with Crippen molar-refractivity contribution in [3.63, 3.8) is 0 Å². The van der Waals surface area contributed by atoms with Gasteiger partial charge in [0.15, 0.2) is 5.75 Å². The molecule has 0 bridgehead atoms. The fourth-order valence-corrected chi connectivity index (χ4v) is 3.61. The number of carbonyl (C=O) groups excluding carboxylic acids is 1. The lowest BCUT2D eigenvalue weighted by molar-refractivity contribution is -0.0499. The topological polar surface area (TPSA) is 63.7 Å². The first-order chi connectivity index (χ1) is 13.6. The molecular weight excluding hydrogens is 407 g/mol. The summed E-state index contributed by atoms with van der Waals surface area (Å²) in [4.78, 5) is 14.2. The summed E-state index contributed by atoms with van der Waals surface area (Å²) in [6.07, 6.45) is 0. The van der Waals surface area contributed by atoms with Crippen LogP contribution in [-0.4, -0.2) is 37.8 Å². The van der Waals surface area contributed by atoms with Gasteiger partial charge in [-0.3, -0.25) is 4.79 Å². The average Bonchev–Trinajstić information content (AvgIpc) is 2.67. The lowest BCUT2D eigenvalue weighted by Crippen LogP contribution is -2.30. The first-order valence-corrected chi connectivity index (χ1v) is 10.3. The predicted octanol–water partition coefficient (Wildman–Crippen LogP) is 4.70. The van der Waals surface area contributed by atoms with Crippen molar-refractivity contribution in [1.82, 2.24) is 4.90 Å². The summed E-state index contributed by atoms with van der Waals surface area (Å²) >= 11 is 0. The van der Waals surface area contributed by atoms with E-state index >= 15 is 0 Å². The van der Waals surface area contributed by atoms with Crippen LogP contribution in [0.3, 0.4) is 0 Å². The number of nitrogens with zero attached hydrogens (tertiary/aromatic N) is 1. The molecule has 0 N–H and O–H groups in total. The van der Waals surface area contributed by atoms with E-state index in [1.165, 1.54) is 18.2 Å². The Kier molecular flexibility index (Phi) is 5.44. The van der Waals surface area contributed by atoms with E-state index in [1.807, 2.05) is 13.8 Å². The zero-order valence-electron chi connectivity index (χ0n) is 15.7. The predicted molar refractivity (Wildman–Crippen MR) is 104 cm³/mol. The van der Waals surface area contributed by atoms with Gasteiger partial charge in [0.05, 0.1) is 0 Å². The van der Waals surface area contributed by atoms with E-state index in [2.05, 4.69) is 4.18 Å². The van der Waals surface area contributed by atoms with E-state index in [4.69, 9.17) is 0 Å². The first kappa shape index (κ1) is 20.9. The number of alkyl halides is 3. The molecule has 0 heterocycles. The minimum atomic E-state index is -5.83. The number of halogens is 3. The molecule has 0 saturated heterocycles. The molecule has 0 unspecified atom stereocenters. The van der Waals surface area contributed by atoms with Gasteiger partial charge >= 0.3 is 15.6 Å². The Morgan fingerprint density at radius 3 is 2.17 bits per heavy atom. The molecule has 0 aliphatic rings. The summed E-state index contributed by atoms with van der Waals surface area (Å²) < 4.78 is 65.9. The van der Waals surface area contributed by atoms with E-state index < -0.39 is 21.4 Å². The molecule has 1 amide bonds. The maximum absolute atomic E-state index is 12.8. The van der Waals surface area contributed by atoms with Crippen molar-refractivity contribution in [3.05, 3.63) is 54.1 Å². The number of hydrogen-bond donors (Lipinski definition) is 0. The summed E-state index contributed by atoms with van der Waals surface area (Å²) in [6.45, 7) is 4.68. The number of fused-ring (bicyclic) bond motifs is 3. The first-order valence-electron chi connectivity index (χ1n) is 8.84. The smallest absolute Gasteiger partial charge is 0.375 e. The molecule has 0 spiro atoms. The molecule has 29 heavy (non-hydrogen) atoms. The fraction of sp³-hybridized carbons (Fsp3) is 0.250. The highest BCUT2D eigenvalue weighted by Crippen LogP contribution is 2.37. The van der Waals surface area contributed by atoms with Crippen LogP contribution in [0.2, 0.25) is 0 Å². The third kappa shape index (κ3) is 3.87. The number of hydrogen-bond acceptors (Lipinski definition) is 4. The van der Waals surface area contributed by atoms with Crippen molar-refractivity contribution in [2.24, 2.45) is 0 Å². The van der Waals surface area contributed by atoms with Crippen molar-refractivity contribution in [2.75, 3.05) is 13.1 Å². The maximum Gasteiger partial charge on any atom is 0.534 e. The van der Waals surface area contributed by atoms with Crippen LogP contribution in [0.5, 0.6) is 5.75 Å². The number of benzene rings is 3. The molecule has 0 saturated carbocycles.